The van der Waals surface area contributed by atoms with E-state index in [1.807, 2.05) is 4.90 Å². The van der Waals surface area contributed by atoms with Gasteiger partial charge in [0.1, 0.15) is 5.69 Å². The van der Waals surface area contributed by atoms with E-state index in [1.54, 1.807) is 12.1 Å². The molecule has 2 unspecified atom stereocenters. The Bertz CT molecular complexity index is 429. The van der Waals surface area contributed by atoms with Crippen LogP contribution < -0.4 is 5.73 Å². The van der Waals surface area contributed by atoms with Gasteiger partial charge in [-0.25, -0.2) is 4.98 Å². The number of anilines is 1. The van der Waals surface area contributed by atoms with Crippen molar-refractivity contribution in [1.29, 1.82) is 0 Å². The first-order valence-corrected chi connectivity index (χ1v) is 6.16. The number of pyridine rings is 1. The molecular weight excluding hydrogens is 228 g/mol. The molecule has 0 spiro atoms. The molecule has 1 fully saturated rings. The fraction of sp³-hybridized carbons (Fsp3) is 0.538. The third-order valence-corrected chi connectivity index (χ3v) is 3.53. The van der Waals surface area contributed by atoms with Gasteiger partial charge in [-0.05, 0) is 32.1 Å². The lowest BCUT2D eigenvalue weighted by Gasteiger charge is -2.22. The van der Waals surface area contributed by atoms with Crippen molar-refractivity contribution in [2.24, 2.45) is 5.92 Å². The molecule has 1 saturated heterocycles. The van der Waals surface area contributed by atoms with E-state index in [-0.39, 0.29) is 5.91 Å². The number of hydrogen-bond acceptors (Lipinski definition) is 4. The van der Waals surface area contributed by atoms with Crippen LogP contribution in [0.2, 0.25) is 0 Å². The van der Waals surface area contributed by atoms with Crippen LogP contribution in [0, 0.1) is 5.92 Å². The minimum atomic E-state index is -0.00815. The molecule has 1 aliphatic rings. The van der Waals surface area contributed by atoms with Crippen molar-refractivity contribution < 1.29 is 4.79 Å². The first-order chi connectivity index (χ1) is 8.49. The Hall–Kier alpha value is -1.62. The molecular formula is C13H20N4O. The number of amides is 1. The highest BCUT2D eigenvalue weighted by molar-refractivity contribution is 5.92. The van der Waals surface area contributed by atoms with Gasteiger partial charge in [-0.2, -0.15) is 0 Å². The van der Waals surface area contributed by atoms with E-state index in [2.05, 4.69) is 30.9 Å². The molecule has 2 N–H and O–H groups in total. The number of carbonyl (C=O) groups is 1. The summed E-state index contributed by atoms with van der Waals surface area (Å²) in [5, 5.41) is 0. The van der Waals surface area contributed by atoms with Gasteiger partial charge in [0.05, 0.1) is 11.9 Å². The van der Waals surface area contributed by atoms with Gasteiger partial charge in [0.15, 0.2) is 0 Å². The normalized spacial score (nSPS) is 23.7. The van der Waals surface area contributed by atoms with E-state index in [0.717, 1.165) is 13.1 Å². The molecule has 0 aliphatic carbocycles. The molecule has 98 valence electrons. The van der Waals surface area contributed by atoms with Crippen molar-refractivity contribution in [1.82, 2.24) is 14.8 Å². The number of rotatable bonds is 2. The van der Waals surface area contributed by atoms with Crippen LogP contribution in [0.15, 0.2) is 18.3 Å². The first-order valence-electron chi connectivity index (χ1n) is 6.16. The van der Waals surface area contributed by atoms with Crippen molar-refractivity contribution >= 4 is 11.6 Å². The van der Waals surface area contributed by atoms with E-state index in [4.69, 9.17) is 5.73 Å². The molecule has 2 rings (SSSR count). The lowest BCUT2D eigenvalue weighted by atomic mass is 10.1. The Morgan fingerprint density at radius 1 is 1.44 bits per heavy atom. The van der Waals surface area contributed by atoms with Crippen molar-refractivity contribution in [2.75, 3.05) is 32.9 Å². The SMILES string of the molecule is CC1CN(C(=O)c2ccc(N)cn2)CC1N(C)C. The summed E-state index contributed by atoms with van der Waals surface area (Å²) in [7, 11) is 4.10. The zero-order chi connectivity index (χ0) is 13.3. The van der Waals surface area contributed by atoms with E-state index < -0.39 is 0 Å². The predicted molar refractivity (Wildman–Crippen MR) is 71.2 cm³/mol. The Balaban J connectivity index is 2.09. The van der Waals surface area contributed by atoms with Gasteiger partial charge in [0.25, 0.3) is 5.91 Å². The third-order valence-electron chi connectivity index (χ3n) is 3.53. The standard InChI is InChI=1S/C13H20N4O/c1-9-7-17(8-12(9)16(2)3)13(18)11-5-4-10(14)6-15-11/h4-6,9,12H,7-8,14H2,1-3H3. The molecule has 0 bridgehead atoms. The Morgan fingerprint density at radius 2 is 2.17 bits per heavy atom. The van der Waals surface area contributed by atoms with Gasteiger partial charge >= 0.3 is 0 Å². The Morgan fingerprint density at radius 3 is 2.67 bits per heavy atom. The highest BCUT2D eigenvalue weighted by atomic mass is 16.2. The predicted octanol–water partition coefficient (Wildman–Crippen LogP) is 0.686. The van der Waals surface area contributed by atoms with E-state index in [9.17, 15) is 4.79 Å². The summed E-state index contributed by atoms with van der Waals surface area (Å²) in [5.41, 5.74) is 6.61. The molecule has 1 aromatic heterocycles. The number of aromatic nitrogens is 1. The van der Waals surface area contributed by atoms with Crippen LogP contribution in [0.5, 0.6) is 0 Å². The van der Waals surface area contributed by atoms with Crippen LogP contribution in [0.1, 0.15) is 17.4 Å². The van der Waals surface area contributed by atoms with Crippen LogP contribution in [0.4, 0.5) is 5.69 Å². The Kier molecular flexibility index (Phi) is 3.52. The molecule has 1 amide bonds. The summed E-state index contributed by atoms with van der Waals surface area (Å²) in [6.45, 7) is 3.72. The summed E-state index contributed by atoms with van der Waals surface area (Å²) < 4.78 is 0. The molecule has 0 radical (unpaired) electrons. The summed E-state index contributed by atoms with van der Waals surface area (Å²) in [6.07, 6.45) is 1.52. The van der Waals surface area contributed by atoms with Gasteiger partial charge in [-0.1, -0.05) is 6.92 Å². The smallest absolute Gasteiger partial charge is 0.272 e. The highest BCUT2D eigenvalue weighted by Gasteiger charge is 2.34. The van der Waals surface area contributed by atoms with Gasteiger partial charge in [-0.3, -0.25) is 4.79 Å². The third kappa shape index (κ3) is 2.46. The maximum Gasteiger partial charge on any atom is 0.272 e. The van der Waals surface area contributed by atoms with Crippen LogP contribution in [-0.2, 0) is 0 Å². The molecule has 18 heavy (non-hydrogen) atoms. The monoisotopic (exact) mass is 248 g/mol. The second-order valence-electron chi connectivity index (χ2n) is 5.20. The van der Waals surface area contributed by atoms with Gasteiger partial charge in [-0.15, -0.1) is 0 Å². The first kappa shape index (κ1) is 12.8. The number of nitrogens with zero attached hydrogens (tertiary/aromatic N) is 3. The van der Waals surface area contributed by atoms with E-state index in [0.29, 0.717) is 23.3 Å². The average Bonchev–Trinajstić information content (AvgIpc) is 2.71. The zero-order valence-corrected chi connectivity index (χ0v) is 11.1. The molecule has 2 atom stereocenters. The Labute approximate surface area is 108 Å². The van der Waals surface area contributed by atoms with Gasteiger partial charge in [0.2, 0.25) is 0 Å². The van der Waals surface area contributed by atoms with Crippen LogP contribution in [-0.4, -0.2) is 53.9 Å². The minimum Gasteiger partial charge on any atom is -0.397 e. The molecule has 1 aliphatic heterocycles. The van der Waals surface area contributed by atoms with Crippen molar-refractivity contribution in [3.05, 3.63) is 24.0 Å². The van der Waals surface area contributed by atoms with Gasteiger partial charge < -0.3 is 15.5 Å². The van der Waals surface area contributed by atoms with E-state index in [1.165, 1.54) is 6.20 Å². The maximum absolute atomic E-state index is 12.3. The zero-order valence-electron chi connectivity index (χ0n) is 11.1. The van der Waals surface area contributed by atoms with Crippen molar-refractivity contribution in [3.63, 3.8) is 0 Å². The number of likely N-dealkylation sites (tertiary alicyclic amines) is 1. The average molecular weight is 248 g/mol. The number of likely N-dealkylation sites (N-methyl/N-ethyl adjacent to an activating group) is 1. The summed E-state index contributed by atoms with van der Waals surface area (Å²) in [5.74, 6) is 0.476. The second-order valence-corrected chi connectivity index (χ2v) is 5.20. The fourth-order valence-electron chi connectivity index (χ4n) is 2.48. The lowest BCUT2D eigenvalue weighted by Crippen LogP contribution is -2.36. The van der Waals surface area contributed by atoms with Crippen LogP contribution in [0.3, 0.4) is 0 Å². The number of nitrogen functional groups attached to an aromatic ring is 1. The molecule has 1 aromatic rings. The topological polar surface area (TPSA) is 62.5 Å². The lowest BCUT2D eigenvalue weighted by molar-refractivity contribution is 0.0775. The largest absolute Gasteiger partial charge is 0.397 e. The van der Waals surface area contributed by atoms with Crippen LogP contribution in [0.25, 0.3) is 0 Å². The quantitative estimate of drug-likeness (QED) is 0.836. The number of carbonyl (C=O) groups excluding carboxylic acids is 1. The fourth-order valence-corrected chi connectivity index (χ4v) is 2.48. The highest BCUT2D eigenvalue weighted by Crippen LogP contribution is 2.21. The molecule has 5 heteroatoms. The number of hydrogen-bond donors (Lipinski definition) is 1. The molecule has 5 nitrogen and oxygen atoms in total. The summed E-state index contributed by atoms with van der Waals surface area (Å²) >= 11 is 0. The van der Waals surface area contributed by atoms with Gasteiger partial charge in [0, 0.05) is 19.1 Å². The second kappa shape index (κ2) is 4.94. The molecule has 0 aromatic carbocycles. The van der Waals surface area contributed by atoms with E-state index >= 15 is 0 Å². The van der Waals surface area contributed by atoms with Crippen LogP contribution >= 0.6 is 0 Å². The summed E-state index contributed by atoms with van der Waals surface area (Å²) in [4.78, 5) is 20.4. The van der Waals surface area contributed by atoms with Crippen molar-refractivity contribution in [2.45, 2.75) is 13.0 Å². The maximum atomic E-state index is 12.3. The number of nitrogens with two attached hydrogens (primary N) is 1. The molecule has 2 heterocycles. The summed E-state index contributed by atoms with van der Waals surface area (Å²) in [6, 6.07) is 3.82. The minimum absolute atomic E-state index is 0.00815. The molecule has 0 saturated carbocycles. The van der Waals surface area contributed by atoms with Crippen molar-refractivity contribution in [3.8, 4) is 0 Å².